The molecule has 1 unspecified atom stereocenters. The second kappa shape index (κ2) is 4.41. The van der Waals surface area contributed by atoms with Crippen LogP contribution in [0.15, 0.2) is 4.99 Å². The maximum Gasteiger partial charge on any atom is 0.198 e. The Morgan fingerprint density at radius 3 is 2.86 bits per heavy atom. The van der Waals surface area contributed by atoms with Gasteiger partial charge in [0, 0.05) is 19.4 Å². The van der Waals surface area contributed by atoms with Crippen LogP contribution >= 0.6 is 0 Å². The molecule has 0 radical (unpaired) electrons. The van der Waals surface area contributed by atoms with Crippen LogP contribution in [0.1, 0.15) is 32.1 Å². The van der Waals surface area contributed by atoms with Crippen molar-refractivity contribution in [2.75, 3.05) is 32.8 Å². The molecule has 2 heterocycles. The van der Waals surface area contributed by atoms with Gasteiger partial charge in [-0.1, -0.05) is 0 Å². The van der Waals surface area contributed by atoms with Gasteiger partial charge >= 0.3 is 0 Å². The molecule has 1 N–H and O–H groups in total. The Hall–Kier alpha value is -0.410. The van der Waals surface area contributed by atoms with Gasteiger partial charge in [0.2, 0.25) is 0 Å². The third-order valence-corrected chi connectivity index (χ3v) is 3.60. The molecule has 2 rings (SSSR count). The molecule has 1 fully saturated rings. The van der Waals surface area contributed by atoms with Gasteiger partial charge in [-0.25, -0.2) is 4.99 Å². The van der Waals surface area contributed by atoms with Gasteiger partial charge in [0.1, 0.15) is 6.54 Å². The van der Waals surface area contributed by atoms with Gasteiger partial charge in [-0.05, 0) is 19.3 Å². The maximum absolute atomic E-state index is 9.17. The van der Waals surface area contributed by atoms with Crippen LogP contribution in [0, 0.1) is 0 Å². The summed E-state index contributed by atoms with van der Waals surface area (Å²) in [4.78, 5) is 4.68. The molecule has 0 aliphatic carbocycles. The Kier molecular flexibility index (Phi) is 3.19. The molecule has 3 heteroatoms. The molecule has 0 amide bonds. The van der Waals surface area contributed by atoms with Gasteiger partial charge in [0.05, 0.1) is 19.7 Å². The molecule has 0 aromatic rings. The fraction of sp³-hybridized carbons (Fsp3) is 0.909. The fourth-order valence-electron chi connectivity index (χ4n) is 2.84. The molecule has 0 spiro atoms. The smallest absolute Gasteiger partial charge is 0.198 e. The lowest BCUT2D eigenvalue weighted by atomic mass is 10.2. The largest absolute Gasteiger partial charge is 0.390 e. The molecule has 2 aliphatic rings. The van der Waals surface area contributed by atoms with E-state index in [-0.39, 0.29) is 0 Å². The summed E-state index contributed by atoms with van der Waals surface area (Å²) in [5.41, 5.74) is 0. The first-order valence-corrected chi connectivity index (χ1v) is 5.88. The normalized spacial score (nSPS) is 33.1. The third-order valence-electron chi connectivity index (χ3n) is 3.60. The van der Waals surface area contributed by atoms with Crippen molar-refractivity contribution < 1.29 is 9.59 Å². The molecule has 0 aromatic heterocycles. The minimum Gasteiger partial charge on any atom is -0.390 e. The van der Waals surface area contributed by atoms with E-state index in [2.05, 4.69) is 4.99 Å². The lowest BCUT2D eigenvalue weighted by Gasteiger charge is -2.39. The highest BCUT2D eigenvalue weighted by Crippen LogP contribution is 2.24. The number of hydrogen-bond donors (Lipinski definition) is 1. The Labute approximate surface area is 86.0 Å². The molecule has 0 saturated carbocycles. The second-order valence-electron chi connectivity index (χ2n) is 4.50. The van der Waals surface area contributed by atoms with E-state index in [9.17, 15) is 5.11 Å². The van der Waals surface area contributed by atoms with Gasteiger partial charge in [-0.2, -0.15) is 0 Å². The van der Waals surface area contributed by atoms with Crippen LogP contribution in [0.4, 0.5) is 0 Å². The molecule has 1 atom stereocenters. The first kappa shape index (κ1) is 10.1. The SMILES string of the molecule is OCC[N+]12CCCCCC1=NCCC2. The molecule has 14 heavy (non-hydrogen) atoms. The number of rotatable bonds is 2. The number of nitrogens with zero attached hydrogens (tertiary/aromatic N) is 2. The van der Waals surface area contributed by atoms with Gasteiger partial charge in [0.25, 0.3) is 0 Å². The number of aliphatic hydroxyl groups excluding tert-OH is 1. The van der Waals surface area contributed by atoms with Gasteiger partial charge in [0.15, 0.2) is 5.84 Å². The first-order chi connectivity index (χ1) is 6.87. The van der Waals surface area contributed by atoms with Crippen LogP contribution in [0.5, 0.6) is 0 Å². The number of fused-ring (bicyclic) bond motifs is 1. The number of aliphatic imine (C=N–C) groups is 1. The van der Waals surface area contributed by atoms with E-state index < -0.39 is 0 Å². The topological polar surface area (TPSA) is 32.6 Å². The second-order valence-corrected chi connectivity index (χ2v) is 4.50. The third kappa shape index (κ3) is 1.84. The zero-order chi connectivity index (χ0) is 9.86. The predicted molar refractivity (Wildman–Crippen MR) is 57.3 cm³/mol. The minimum absolute atomic E-state index is 0.305. The van der Waals surface area contributed by atoms with E-state index in [0.717, 1.165) is 17.6 Å². The molecular weight excluding hydrogens is 176 g/mol. The summed E-state index contributed by atoms with van der Waals surface area (Å²) in [6, 6.07) is 0. The van der Waals surface area contributed by atoms with E-state index >= 15 is 0 Å². The highest BCUT2D eigenvalue weighted by atomic mass is 16.3. The monoisotopic (exact) mass is 197 g/mol. The Morgan fingerprint density at radius 1 is 1.14 bits per heavy atom. The highest BCUT2D eigenvalue weighted by Gasteiger charge is 2.36. The van der Waals surface area contributed by atoms with Crippen molar-refractivity contribution >= 4 is 5.84 Å². The molecule has 3 nitrogen and oxygen atoms in total. The van der Waals surface area contributed by atoms with E-state index in [1.54, 1.807) is 0 Å². The van der Waals surface area contributed by atoms with Crippen LogP contribution in [-0.2, 0) is 0 Å². The number of aliphatic hydroxyl groups is 1. The van der Waals surface area contributed by atoms with Crippen molar-refractivity contribution in [2.45, 2.75) is 32.1 Å². The van der Waals surface area contributed by atoms with Gasteiger partial charge < -0.3 is 5.11 Å². The van der Waals surface area contributed by atoms with Crippen molar-refractivity contribution in [3.05, 3.63) is 0 Å². The molecule has 80 valence electrons. The standard InChI is InChI=1S/C11H21N2O/c14-10-9-13-7-3-1-2-5-11(13)12-6-4-8-13/h14H,1-10H2/q+1. The summed E-state index contributed by atoms with van der Waals surface area (Å²) in [5.74, 6) is 1.38. The van der Waals surface area contributed by atoms with Crippen molar-refractivity contribution in [3.63, 3.8) is 0 Å². The summed E-state index contributed by atoms with van der Waals surface area (Å²) in [6.07, 6.45) is 6.30. The molecular formula is C11H21N2O+. The van der Waals surface area contributed by atoms with Gasteiger partial charge in [-0.15, -0.1) is 0 Å². The molecule has 0 aromatic carbocycles. The summed E-state index contributed by atoms with van der Waals surface area (Å²) in [5, 5.41) is 9.17. The maximum atomic E-state index is 9.17. The first-order valence-electron chi connectivity index (χ1n) is 5.88. The fourth-order valence-corrected chi connectivity index (χ4v) is 2.84. The number of quaternary nitrogens is 1. The molecule has 0 bridgehead atoms. The Balaban J connectivity index is 2.19. The van der Waals surface area contributed by atoms with Crippen LogP contribution in [0.3, 0.4) is 0 Å². The van der Waals surface area contributed by atoms with Crippen LogP contribution in [0.2, 0.25) is 0 Å². The average molecular weight is 197 g/mol. The van der Waals surface area contributed by atoms with Crippen molar-refractivity contribution in [2.24, 2.45) is 4.99 Å². The summed E-state index contributed by atoms with van der Waals surface area (Å²) in [6.45, 7) is 4.62. The summed E-state index contributed by atoms with van der Waals surface area (Å²) < 4.78 is 1.01. The molecule has 1 saturated heterocycles. The van der Waals surface area contributed by atoms with E-state index in [4.69, 9.17) is 0 Å². The number of amidine groups is 1. The zero-order valence-electron chi connectivity index (χ0n) is 8.91. The Morgan fingerprint density at radius 2 is 2.00 bits per heavy atom. The minimum atomic E-state index is 0.305. The van der Waals surface area contributed by atoms with Crippen molar-refractivity contribution in [3.8, 4) is 0 Å². The van der Waals surface area contributed by atoms with Crippen LogP contribution in [-0.4, -0.2) is 48.2 Å². The highest BCUT2D eigenvalue weighted by molar-refractivity contribution is 5.76. The zero-order valence-corrected chi connectivity index (χ0v) is 8.91. The average Bonchev–Trinajstić information content (AvgIpc) is 2.40. The van der Waals surface area contributed by atoms with Crippen LogP contribution in [0.25, 0.3) is 0 Å². The quantitative estimate of drug-likeness (QED) is 0.662. The van der Waals surface area contributed by atoms with Gasteiger partial charge in [-0.3, -0.25) is 4.48 Å². The lowest BCUT2D eigenvalue weighted by Crippen LogP contribution is -2.56. The Bertz CT molecular complexity index is 227. The van der Waals surface area contributed by atoms with E-state index in [1.165, 1.54) is 51.0 Å². The summed E-state index contributed by atoms with van der Waals surface area (Å²) in [7, 11) is 0. The van der Waals surface area contributed by atoms with E-state index in [1.807, 2.05) is 0 Å². The van der Waals surface area contributed by atoms with E-state index in [0.29, 0.717) is 6.61 Å². The van der Waals surface area contributed by atoms with Crippen molar-refractivity contribution in [1.29, 1.82) is 0 Å². The molecule has 2 aliphatic heterocycles. The van der Waals surface area contributed by atoms with Crippen LogP contribution < -0.4 is 0 Å². The lowest BCUT2D eigenvalue weighted by molar-refractivity contribution is -0.845. The predicted octanol–water partition coefficient (Wildman–Crippen LogP) is 1.17. The summed E-state index contributed by atoms with van der Waals surface area (Å²) >= 11 is 0. The van der Waals surface area contributed by atoms with Crippen molar-refractivity contribution in [1.82, 2.24) is 0 Å². The number of hydrogen-bond acceptors (Lipinski definition) is 2.